The smallest absolute Gasteiger partial charge is 0.261 e. The Morgan fingerprint density at radius 2 is 1.65 bits per heavy atom. The van der Waals surface area contributed by atoms with Crippen molar-refractivity contribution in [3.63, 3.8) is 0 Å². The predicted molar refractivity (Wildman–Crippen MR) is 117 cm³/mol. The van der Waals surface area contributed by atoms with Crippen molar-refractivity contribution < 1.29 is 31.2 Å². The number of oxazole rings is 1. The second kappa shape index (κ2) is 9.06. The van der Waals surface area contributed by atoms with Crippen LogP contribution in [0.4, 0.5) is 27.6 Å². The highest BCUT2D eigenvalue weighted by atomic mass is 35.5. The van der Waals surface area contributed by atoms with Crippen LogP contribution in [-0.2, 0) is 0 Å². The quantitative estimate of drug-likeness (QED) is 0.176. The molecule has 1 N–H and O–H groups in total. The number of benzene rings is 3. The number of fused-ring (bicyclic) bond motifs is 1. The minimum absolute atomic E-state index is 0.0452. The van der Waals surface area contributed by atoms with Crippen LogP contribution in [0.15, 0.2) is 40.8 Å². The summed E-state index contributed by atoms with van der Waals surface area (Å²) in [5.41, 5.74) is 0.798. The number of halogens is 6. The Morgan fingerprint density at radius 1 is 1.00 bits per heavy atom. The molecule has 4 nitrogen and oxygen atoms in total. The molecule has 0 aliphatic rings. The second-order valence-corrected chi connectivity index (χ2v) is 8.06. The highest BCUT2D eigenvalue weighted by molar-refractivity contribution is 6.34. The lowest BCUT2D eigenvalue weighted by Crippen LogP contribution is -2.19. The molecule has 0 spiro atoms. The van der Waals surface area contributed by atoms with Crippen molar-refractivity contribution in [2.24, 2.45) is 0 Å². The second-order valence-electron chi connectivity index (χ2n) is 7.65. The van der Waals surface area contributed by atoms with Crippen molar-refractivity contribution in [3.05, 3.63) is 81.6 Å². The molecule has 4 aromatic rings. The van der Waals surface area contributed by atoms with Crippen molar-refractivity contribution in [2.75, 3.05) is 5.32 Å². The fraction of sp³-hybridized carbons (Fsp3) is 0.167. The maximum absolute atomic E-state index is 14.0. The van der Waals surface area contributed by atoms with Gasteiger partial charge < -0.3 is 9.73 Å². The molecule has 1 aromatic heterocycles. The zero-order chi connectivity index (χ0) is 24.7. The third-order valence-electron chi connectivity index (χ3n) is 5.49. The predicted octanol–water partition coefficient (Wildman–Crippen LogP) is 7.61. The van der Waals surface area contributed by atoms with Crippen molar-refractivity contribution in [1.82, 2.24) is 4.98 Å². The number of nitrogens with one attached hydrogen (secondary N) is 1. The van der Waals surface area contributed by atoms with Gasteiger partial charge in [-0.05, 0) is 48.2 Å². The first kappa shape index (κ1) is 23.7. The number of hydrogen-bond donors (Lipinski definition) is 1. The van der Waals surface area contributed by atoms with Gasteiger partial charge in [-0.25, -0.2) is 26.9 Å². The standard InChI is InChI=1S/C24H16ClF5N2O2/c1-3-10(2)11-5-7-16-15(8-11)32-24(34-16)12-4-6-13(25)14(9-12)31-23(33)17-18(26)20(28)22(30)21(29)19(17)27/h4-10H,3H2,1-2H3,(H,31,33)/t10-/m1/s1. The number of amides is 1. The van der Waals surface area contributed by atoms with Gasteiger partial charge in [0.2, 0.25) is 11.7 Å². The molecule has 10 heteroatoms. The van der Waals surface area contributed by atoms with E-state index >= 15 is 0 Å². The van der Waals surface area contributed by atoms with E-state index in [1.54, 1.807) is 6.07 Å². The van der Waals surface area contributed by atoms with Gasteiger partial charge in [-0.3, -0.25) is 4.79 Å². The summed E-state index contributed by atoms with van der Waals surface area (Å²) in [7, 11) is 0. The van der Waals surface area contributed by atoms with E-state index in [4.69, 9.17) is 16.0 Å². The van der Waals surface area contributed by atoms with E-state index < -0.39 is 40.6 Å². The average Bonchev–Trinajstić information content (AvgIpc) is 3.26. The number of anilines is 1. The highest BCUT2D eigenvalue weighted by Crippen LogP contribution is 2.32. The Labute approximate surface area is 195 Å². The summed E-state index contributed by atoms with van der Waals surface area (Å²) in [6, 6.07) is 9.84. The van der Waals surface area contributed by atoms with Crippen LogP contribution in [0.3, 0.4) is 0 Å². The molecular formula is C24H16ClF5N2O2. The SMILES string of the molecule is CC[C@@H](C)c1ccc2oc(-c3ccc(Cl)c(NC(=O)c4c(F)c(F)c(F)c(F)c4F)c3)nc2c1. The molecule has 0 radical (unpaired) electrons. The number of rotatable bonds is 5. The van der Waals surface area contributed by atoms with Gasteiger partial charge in [0.05, 0.1) is 10.7 Å². The van der Waals surface area contributed by atoms with Crippen LogP contribution in [0.1, 0.15) is 42.1 Å². The van der Waals surface area contributed by atoms with E-state index in [1.807, 2.05) is 12.1 Å². The molecule has 1 heterocycles. The normalized spacial score (nSPS) is 12.2. The fourth-order valence-electron chi connectivity index (χ4n) is 3.35. The number of carbonyl (C=O) groups is 1. The summed E-state index contributed by atoms with van der Waals surface area (Å²) < 4.78 is 74.0. The Kier molecular flexibility index (Phi) is 6.31. The van der Waals surface area contributed by atoms with Gasteiger partial charge in [-0.1, -0.05) is 31.5 Å². The molecular weight excluding hydrogens is 479 g/mol. The van der Waals surface area contributed by atoms with E-state index in [9.17, 15) is 26.7 Å². The molecule has 1 atom stereocenters. The molecule has 3 aromatic carbocycles. The van der Waals surface area contributed by atoms with E-state index in [2.05, 4.69) is 24.1 Å². The molecule has 0 aliphatic carbocycles. The van der Waals surface area contributed by atoms with Crippen molar-refractivity contribution in [2.45, 2.75) is 26.2 Å². The fourth-order valence-corrected chi connectivity index (χ4v) is 3.52. The van der Waals surface area contributed by atoms with Gasteiger partial charge in [-0.2, -0.15) is 0 Å². The van der Waals surface area contributed by atoms with Crippen LogP contribution in [0.25, 0.3) is 22.6 Å². The molecule has 4 rings (SSSR count). The van der Waals surface area contributed by atoms with Crippen molar-refractivity contribution in [1.29, 1.82) is 0 Å². The molecule has 0 fully saturated rings. The third-order valence-corrected chi connectivity index (χ3v) is 5.82. The largest absolute Gasteiger partial charge is 0.436 e. The van der Waals surface area contributed by atoms with E-state index in [-0.39, 0.29) is 16.6 Å². The van der Waals surface area contributed by atoms with E-state index in [0.717, 1.165) is 12.0 Å². The molecule has 0 bridgehead atoms. The zero-order valence-corrected chi connectivity index (χ0v) is 18.5. The Balaban J connectivity index is 1.69. The Bertz CT molecular complexity index is 1410. The first-order chi connectivity index (χ1) is 16.1. The summed E-state index contributed by atoms with van der Waals surface area (Å²) in [4.78, 5) is 16.8. The van der Waals surface area contributed by atoms with E-state index in [1.165, 1.54) is 18.2 Å². The minimum Gasteiger partial charge on any atom is -0.436 e. The van der Waals surface area contributed by atoms with Crippen LogP contribution in [0.2, 0.25) is 5.02 Å². The van der Waals surface area contributed by atoms with Crippen molar-refractivity contribution in [3.8, 4) is 11.5 Å². The maximum Gasteiger partial charge on any atom is 0.261 e. The highest BCUT2D eigenvalue weighted by Gasteiger charge is 2.30. The molecule has 0 saturated heterocycles. The topological polar surface area (TPSA) is 55.1 Å². The first-order valence-electron chi connectivity index (χ1n) is 10.2. The molecule has 176 valence electrons. The molecule has 1 amide bonds. The van der Waals surface area contributed by atoms with Crippen molar-refractivity contribution >= 4 is 34.3 Å². The number of carbonyl (C=O) groups excluding carboxylic acids is 1. The van der Waals surface area contributed by atoms with Crippen LogP contribution in [0, 0.1) is 29.1 Å². The summed E-state index contributed by atoms with van der Waals surface area (Å²) in [5.74, 6) is -12.4. The maximum atomic E-state index is 14.0. The van der Waals surface area contributed by atoms with Crippen LogP contribution < -0.4 is 5.32 Å². The van der Waals surface area contributed by atoms with Gasteiger partial charge in [0, 0.05) is 5.56 Å². The van der Waals surface area contributed by atoms with Gasteiger partial charge in [0.15, 0.2) is 28.9 Å². The lowest BCUT2D eigenvalue weighted by molar-refractivity contribution is 0.101. The minimum atomic E-state index is -2.36. The lowest BCUT2D eigenvalue weighted by atomic mass is 9.98. The van der Waals surface area contributed by atoms with E-state index in [0.29, 0.717) is 22.6 Å². The summed E-state index contributed by atoms with van der Waals surface area (Å²) in [5, 5.41) is 2.04. The first-order valence-corrected chi connectivity index (χ1v) is 10.5. The third kappa shape index (κ3) is 4.11. The summed E-state index contributed by atoms with van der Waals surface area (Å²) in [6.07, 6.45) is 0.944. The lowest BCUT2D eigenvalue weighted by Gasteiger charge is -2.11. The molecule has 34 heavy (non-hydrogen) atoms. The van der Waals surface area contributed by atoms with Crippen LogP contribution >= 0.6 is 11.6 Å². The van der Waals surface area contributed by atoms with Gasteiger partial charge in [0.1, 0.15) is 11.1 Å². The summed E-state index contributed by atoms with van der Waals surface area (Å²) in [6.45, 7) is 4.15. The number of nitrogens with zero attached hydrogens (tertiary/aromatic N) is 1. The van der Waals surface area contributed by atoms with Gasteiger partial charge >= 0.3 is 0 Å². The summed E-state index contributed by atoms with van der Waals surface area (Å²) >= 11 is 6.07. The zero-order valence-electron chi connectivity index (χ0n) is 17.8. The monoisotopic (exact) mass is 494 g/mol. The Morgan fingerprint density at radius 3 is 2.29 bits per heavy atom. The van der Waals surface area contributed by atoms with Gasteiger partial charge in [0.25, 0.3) is 5.91 Å². The molecule has 0 saturated carbocycles. The molecule has 0 aliphatic heterocycles. The average molecular weight is 495 g/mol. The van der Waals surface area contributed by atoms with Gasteiger partial charge in [-0.15, -0.1) is 0 Å². The van der Waals surface area contributed by atoms with Crippen LogP contribution in [0.5, 0.6) is 0 Å². The number of aromatic nitrogens is 1. The number of hydrogen-bond acceptors (Lipinski definition) is 3. The molecule has 0 unspecified atom stereocenters. The van der Waals surface area contributed by atoms with Crippen LogP contribution in [-0.4, -0.2) is 10.9 Å². The Hall–Kier alpha value is -3.46.